The molecule has 3 saturated heterocycles. The Hall–Kier alpha value is -0.299. The van der Waals surface area contributed by atoms with Crippen molar-refractivity contribution in [3.63, 3.8) is 0 Å². The number of carbonyl (C=O) groups is 1. The third kappa shape index (κ3) is 6.07. The molecule has 2 N–H and O–H groups in total. The Balaban J connectivity index is 2.02. The van der Waals surface area contributed by atoms with Crippen molar-refractivity contribution in [1.29, 1.82) is 0 Å². The molecule has 9 heteroatoms. The van der Waals surface area contributed by atoms with Crippen LogP contribution in [0.1, 0.15) is 70.6 Å². The fourth-order valence-electron chi connectivity index (χ4n) is 8.24. The maximum atomic E-state index is 11.6. The molecule has 0 saturated carbocycles. The van der Waals surface area contributed by atoms with E-state index < -0.39 is 25.7 Å². The Bertz CT molecular complexity index is 731. The van der Waals surface area contributed by atoms with Crippen molar-refractivity contribution in [2.24, 2.45) is 5.73 Å². The van der Waals surface area contributed by atoms with Crippen LogP contribution in [0, 0.1) is 0 Å². The Morgan fingerprint density at radius 2 is 1.54 bits per heavy atom. The quantitative estimate of drug-likeness (QED) is 0.148. The number of carbonyl (C=O) groups excluding carboxylic acids is 1. The van der Waals surface area contributed by atoms with E-state index in [1.54, 1.807) is 0 Å². The van der Waals surface area contributed by atoms with E-state index in [0.29, 0.717) is 6.61 Å². The molecular formula is C28H55NO5Si3. The summed E-state index contributed by atoms with van der Waals surface area (Å²) in [6, 6.07) is 2.34. The summed E-state index contributed by atoms with van der Waals surface area (Å²) in [5, 5.41) is -0.400. The normalized spacial score (nSPS) is 32.9. The van der Waals surface area contributed by atoms with E-state index in [0.717, 1.165) is 70.9 Å². The highest BCUT2D eigenvalue weighted by atomic mass is 28.4. The van der Waals surface area contributed by atoms with Gasteiger partial charge in [-0.1, -0.05) is 44.9 Å². The third-order valence-electron chi connectivity index (χ3n) is 10.3. The van der Waals surface area contributed by atoms with E-state index in [1.165, 1.54) is 44.2 Å². The van der Waals surface area contributed by atoms with Gasteiger partial charge < -0.3 is 24.7 Å². The zero-order valence-electron chi connectivity index (χ0n) is 24.3. The van der Waals surface area contributed by atoms with Gasteiger partial charge in [0.25, 0.3) is 0 Å². The van der Waals surface area contributed by atoms with Crippen LogP contribution in [0.25, 0.3) is 0 Å². The molecule has 3 heterocycles. The molecule has 0 amide bonds. The summed E-state index contributed by atoms with van der Waals surface area (Å²) in [6.07, 6.45) is 13.8. The van der Waals surface area contributed by atoms with E-state index in [2.05, 4.69) is 32.8 Å². The number of rotatable bonds is 13. The van der Waals surface area contributed by atoms with Crippen molar-refractivity contribution in [1.82, 2.24) is 0 Å². The first-order chi connectivity index (χ1) is 17.7. The Labute approximate surface area is 230 Å². The van der Waals surface area contributed by atoms with E-state index in [1.807, 2.05) is 0 Å². The van der Waals surface area contributed by atoms with Crippen LogP contribution in [-0.4, -0.2) is 79.9 Å². The number of hydrogen-bond acceptors (Lipinski definition) is 6. The van der Waals surface area contributed by atoms with E-state index in [4.69, 9.17) is 24.7 Å². The predicted molar refractivity (Wildman–Crippen MR) is 160 cm³/mol. The van der Waals surface area contributed by atoms with Gasteiger partial charge in [0.1, 0.15) is 8.07 Å². The zero-order valence-corrected chi connectivity index (χ0v) is 27.6. The monoisotopic (exact) mass is 569 g/mol. The molecule has 214 valence electrons. The average molecular weight is 570 g/mol. The molecule has 3 aliphatic heterocycles. The van der Waals surface area contributed by atoms with E-state index in [9.17, 15) is 4.79 Å². The Morgan fingerprint density at radius 1 is 0.919 bits per heavy atom. The largest absolute Gasteiger partial charge is 0.463 e. The standard InChI is InChI=1S/C28H55NO5Si3/c1-6-25(30)31-19-14-24-35(2)26(15-7-10-20-32-26)27(16-8-11-21-33-27)37(4,5)28(17-9-12-22-34-28)36(3)23-13-18-29/h6,35-36H,1,7-24,29H2,2-5H3. The summed E-state index contributed by atoms with van der Waals surface area (Å²) in [5.74, 6) is -0.327. The van der Waals surface area contributed by atoms with Crippen molar-refractivity contribution >= 4 is 31.6 Å². The average Bonchev–Trinajstić information content (AvgIpc) is 2.94. The van der Waals surface area contributed by atoms with Gasteiger partial charge in [0, 0.05) is 25.9 Å². The molecule has 3 fully saturated rings. The molecule has 5 unspecified atom stereocenters. The minimum atomic E-state index is -2.22. The summed E-state index contributed by atoms with van der Waals surface area (Å²) >= 11 is 0. The van der Waals surface area contributed by atoms with E-state index in [-0.39, 0.29) is 21.3 Å². The molecule has 0 radical (unpaired) electrons. The molecular weight excluding hydrogens is 515 g/mol. The molecule has 0 spiro atoms. The third-order valence-corrected chi connectivity index (χ3v) is 26.6. The van der Waals surface area contributed by atoms with Gasteiger partial charge in [-0.3, -0.25) is 0 Å². The van der Waals surface area contributed by atoms with Gasteiger partial charge in [0.15, 0.2) is 0 Å². The first-order valence-corrected chi connectivity index (χ1v) is 23.2. The van der Waals surface area contributed by atoms with Gasteiger partial charge in [0.05, 0.1) is 39.5 Å². The lowest BCUT2D eigenvalue weighted by molar-refractivity contribution is -0.171. The van der Waals surface area contributed by atoms with Gasteiger partial charge in [-0.2, -0.15) is 0 Å². The lowest BCUT2D eigenvalue weighted by Gasteiger charge is -2.67. The molecule has 0 aromatic heterocycles. The van der Waals surface area contributed by atoms with Crippen LogP contribution in [0.2, 0.25) is 38.3 Å². The smallest absolute Gasteiger partial charge is 0.330 e. The minimum absolute atomic E-state index is 0.0131. The molecule has 0 aliphatic carbocycles. The fourth-order valence-corrected chi connectivity index (χ4v) is 26.4. The summed E-state index contributed by atoms with van der Waals surface area (Å²) in [6.45, 7) is 17.7. The Kier molecular flexibility index (Phi) is 11.7. The number of nitrogens with two attached hydrogens (primary N) is 1. The van der Waals surface area contributed by atoms with Gasteiger partial charge in [0.2, 0.25) is 0 Å². The van der Waals surface area contributed by atoms with Crippen LogP contribution in [0.3, 0.4) is 0 Å². The zero-order chi connectivity index (χ0) is 27.0. The van der Waals surface area contributed by atoms with Crippen LogP contribution < -0.4 is 5.73 Å². The SMILES string of the molecule is C=CC(=O)OCCC[SiH](C)C1(C2([Si](C)(C)C3([SiH](C)CCCN)CCCCO3)CCCCO2)CCCCO1. The number of hydrogen-bond donors (Lipinski definition) is 1. The second kappa shape index (κ2) is 13.9. The molecule has 6 nitrogen and oxygen atoms in total. The van der Waals surface area contributed by atoms with Crippen LogP contribution >= 0.6 is 0 Å². The molecule has 37 heavy (non-hydrogen) atoms. The second-order valence-electron chi connectivity index (χ2n) is 12.4. The van der Waals surface area contributed by atoms with Gasteiger partial charge in [-0.25, -0.2) is 4.79 Å². The van der Waals surface area contributed by atoms with Crippen molar-refractivity contribution in [3.05, 3.63) is 12.7 Å². The molecule has 0 aromatic carbocycles. The summed E-state index contributed by atoms with van der Waals surface area (Å²) in [4.78, 5) is 11.6. The van der Waals surface area contributed by atoms with Crippen LogP contribution in [0.4, 0.5) is 0 Å². The van der Waals surface area contributed by atoms with Crippen LogP contribution in [-0.2, 0) is 23.7 Å². The molecule has 3 rings (SSSR count). The van der Waals surface area contributed by atoms with Gasteiger partial charge in [-0.05, 0) is 77.2 Å². The summed E-state index contributed by atoms with van der Waals surface area (Å²) < 4.78 is 26.9. The maximum absolute atomic E-state index is 11.6. The fraction of sp³-hybridized carbons (Fsp3) is 0.893. The van der Waals surface area contributed by atoms with Gasteiger partial charge >= 0.3 is 5.97 Å². The lowest BCUT2D eigenvalue weighted by atomic mass is 9.96. The van der Waals surface area contributed by atoms with Crippen molar-refractivity contribution in [3.8, 4) is 0 Å². The predicted octanol–water partition coefficient (Wildman–Crippen LogP) is 4.85. The lowest BCUT2D eigenvalue weighted by Crippen LogP contribution is -2.84. The minimum Gasteiger partial charge on any atom is -0.463 e. The first-order valence-electron chi connectivity index (χ1n) is 15.1. The Morgan fingerprint density at radius 3 is 2.08 bits per heavy atom. The first kappa shape index (κ1) is 31.2. The number of ether oxygens (including phenoxy) is 4. The highest BCUT2D eigenvalue weighted by molar-refractivity contribution is 6.95. The second-order valence-corrected chi connectivity index (χ2v) is 24.5. The van der Waals surface area contributed by atoms with E-state index >= 15 is 0 Å². The highest BCUT2D eigenvalue weighted by Crippen LogP contribution is 2.55. The van der Waals surface area contributed by atoms with Crippen LogP contribution in [0.5, 0.6) is 0 Å². The molecule has 5 atom stereocenters. The van der Waals surface area contributed by atoms with Crippen LogP contribution in [0.15, 0.2) is 12.7 Å². The van der Waals surface area contributed by atoms with Crippen molar-refractivity contribution in [2.45, 2.75) is 124 Å². The van der Waals surface area contributed by atoms with Crippen molar-refractivity contribution < 1.29 is 23.7 Å². The summed E-state index contributed by atoms with van der Waals surface area (Å²) in [7, 11) is -4.94. The van der Waals surface area contributed by atoms with Crippen molar-refractivity contribution in [2.75, 3.05) is 33.0 Å². The maximum Gasteiger partial charge on any atom is 0.330 e. The molecule has 3 aliphatic rings. The highest BCUT2D eigenvalue weighted by Gasteiger charge is 2.71. The topological polar surface area (TPSA) is 80.0 Å². The summed E-state index contributed by atoms with van der Waals surface area (Å²) in [5.41, 5.74) is 6.01. The molecule has 0 aromatic rings. The number of esters is 1. The molecule has 0 bridgehead atoms. The van der Waals surface area contributed by atoms with Gasteiger partial charge in [-0.15, -0.1) is 0 Å².